The third kappa shape index (κ3) is 6.62. The van der Waals surface area contributed by atoms with Gasteiger partial charge in [0, 0.05) is 0 Å². The molecule has 1 unspecified atom stereocenters. The lowest BCUT2D eigenvalue weighted by molar-refractivity contribution is -0.0582. The lowest BCUT2D eigenvalue weighted by Crippen LogP contribution is -2.18. The van der Waals surface area contributed by atoms with Crippen molar-refractivity contribution < 1.29 is 19.4 Å². The van der Waals surface area contributed by atoms with E-state index in [0.717, 1.165) is 6.42 Å². The molecule has 0 bridgehead atoms. The Kier molecular flexibility index (Phi) is 7.37. The number of hydrogen-bond acceptors (Lipinski definition) is 4. The van der Waals surface area contributed by atoms with E-state index in [9.17, 15) is 9.90 Å². The molecule has 0 fully saturated rings. The Morgan fingerprint density at radius 2 is 1.69 bits per heavy atom. The maximum atomic E-state index is 11.7. The number of rotatable bonds is 8. The summed E-state index contributed by atoms with van der Waals surface area (Å²) >= 11 is 0. The minimum Gasteiger partial charge on any atom is -0.435 e. The molecule has 1 atom stereocenters. The summed E-state index contributed by atoms with van der Waals surface area (Å²) in [7, 11) is 0. The smallest absolute Gasteiger partial charge is 0.340 e. The molecule has 140 valence electrons. The lowest BCUT2D eigenvalue weighted by atomic mass is 9.86. The maximum absolute atomic E-state index is 11.7. The van der Waals surface area contributed by atoms with Gasteiger partial charge in [0.2, 0.25) is 0 Å². The Morgan fingerprint density at radius 1 is 1.04 bits per heavy atom. The lowest BCUT2D eigenvalue weighted by Gasteiger charge is -2.19. The third-order valence-electron chi connectivity index (χ3n) is 4.18. The fourth-order valence-corrected chi connectivity index (χ4v) is 2.52. The second-order valence-electron chi connectivity index (χ2n) is 7.43. The first-order chi connectivity index (χ1) is 12.4. The van der Waals surface area contributed by atoms with Gasteiger partial charge in [-0.3, -0.25) is 0 Å². The molecule has 0 saturated heterocycles. The van der Waals surface area contributed by atoms with Crippen molar-refractivity contribution in [2.75, 3.05) is 13.4 Å². The van der Waals surface area contributed by atoms with Crippen molar-refractivity contribution in [3.63, 3.8) is 0 Å². The first kappa shape index (κ1) is 20.1. The summed E-state index contributed by atoms with van der Waals surface area (Å²) in [6, 6.07) is 17.2. The molecule has 26 heavy (non-hydrogen) atoms. The molecule has 4 heteroatoms. The largest absolute Gasteiger partial charge is 0.435 e. The standard InChI is InChI=1S/C22H28O4/c1-22(2,3)19-12-9-17(10-13-19)11-14-20(23)15-25-16-26-21(24)18-7-5-4-6-8-18/h4-10,12-13,20,23H,11,14-16H2,1-3H3. The Labute approximate surface area is 155 Å². The van der Waals surface area contributed by atoms with Gasteiger partial charge in [-0.2, -0.15) is 0 Å². The zero-order valence-electron chi connectivity index (χ0n) is 15.8. The summed E-state index contributed by atoms with van der Waals surface area (Å²) in [4.78, 5) is 11.7. The second kappa shape index (κ2) is 9.51. The van der Waals surface area contributed by atoms with Crippen molar-refractivity contribution in [3.05, 3.63) is 71.3 Å². The number of aliphatic hydroxyl groups is 1. The van der Waals surface area contributed by atoms with Gasteiger partial charge in [-0.05, 0) is 41.5 Å². The summed E-state index contributed by atoms with van der Waals surface area (Å²) in [6.45, 7) is 6.54. The van der Waals surface area contributed by atoms with Gasteiger partial charge in [0.05, 0.1) is 18.3 Å². The van der Waals surface area contributed by atoms with Gasteiger partial charge in [-0.1, -0.05) is 63.2 Å². The first-order valence-electron chi connectivity index (χ1n) is 8.93. The van der Waals surface area contributed by atoms with Gasteiger partial charge in [-0.25, -0.2) is 4.79 Å². The maximum Gasteiger partial charge on any atom is 0.340 e. The highest BCUT2D eigenvalue weighted by molar-refractivity contribution is 5.89. The van der Waals surface area contributed by atoms with Crippen LogP contribution in [0.5, 0.6) is 0 Å². The number of carbonyl (C=O) groups excluding carboxylic acids is 1. The van der Waals surface area contributed by atoms with Crippen LogP contribution in [0.3, 0.4) is 0 Å². The molecule has 2 aromatic rings. The van der Waals surface area contributed by atoms with Crippen molar-refractivity contribution in [1.82, 2.24) is 0 Å². The SMILES string of the molecule is CC(C)(C)c1ccc(CCC(O)COCOC(=O)c2ccccc2)cc1. The topological polar surface area (TPSA) is 55.8 Å². The number of benzene rings is 2. The van der Waals surface area contributed by atoms with Crippen LogP contribution in [0.15, 0.2) is 54.6 Å². The Hall–Kier alpha value is -2.17. The second-order valence-corrected chi connectivity index (χ2v) is 7.43. The summed E-state index contributed by atoms with van der Waals surface area (Å²) < 4.78 is 10.3. The molecule has 0 aliphatic carbocycles. The summed E-state index contributed by atoms with van der Waals surface area (Å²) in [5, 5.41) is 10.0. The van der Waals surface area contributed by atoms with Gasteiger partial charge in [0.25, 0.3) is 0 Å². The molecule has 0 heterocycles. The van der Waals surface area contributed by atoms with E-state index in [4.69, 9.17) is 9.47 Å². The zero-order valence-corrected chi connectivity index (χ0v) is 15.8. The van der Waals surface area contributed by atoms with Crippen molar-refractivity contribution in [3.8, 4) is 0 Å². The van der Waals surface area contributed by atoms with E-state index in [0.29, 0.717) is 12.0 Å². The van der Waals surface area contributed by atoms with E-state index in [-0.39, 0.29) is 18.8 Å². The van der Waals surface area contributed by atoms with Gasteiger partial charge in [-0.15, -0.1) is 0 Å². The number of carbonyl (C=O) groups is 1. The van der Waals surface area contributed by atoms with Gasteiger partial charge < -0.3 is 14.6 Å². The number of aliphatic hydroxyl groups excluding tert-OH is 1. The van der Waals surface area contributed by atoms with Crippen molar-refractivity contribution in [1.29, 1.82) is 0 Å². The van der Waals surface area contributed by atoms with Crippen molar-refractivity contribution >= 4 is 5.97 Å². The molecule has 1 N–H and O–H groups in total. The summed E-state index contributed by atoms with van der Waals surface area (Å²) in [6.07, 6.45) is 0.785. The minimum atomic E-state index is -0.590. The van der Waals surface area contributed by atoms with E-state index < -0.39 is 12.1 Å². The zero-order chi connectivity index (χ0) is 19.0. The molecule has 0 aliphatic rings. The van der Waals surface area contributed by atoms with Crippen molar-refractivity contribution in [2.45, 2.75) is 45.1 Å². The van der Waals surface area contributed by atoms with E-state index in [1.807, 2.05) is 6.07 Å². The average Bonchev–Trinajstić information content (AvgIpc) is 2.63. The number of aryl methyl sites for hydroxylation is 1. The molecule has 0 aromatic heterocycles. The number of ether oxygens (including phenoxy) is 2. The fourth-order valence-electron chi connectivity index (χ4n) is 2.52. The van der Waals surface area contributed by atoms with E-state index in [2.05, 4.69) is 45.0 Å². The van der Waals surface area contributed by atoms with Gasteiger partial charge >= 0.3 is 5.97 Å². The predicted octanol–water partition coefficient (Wildman–Crippen LogP) is 4.11. The number of esters is 1. The van der Waals surface area contributed by atoms with Crippen LogP contribution in [-0.4, -0.2) is 30.6 Å². The molecular weight excluding hydrogens is 328 g/mol. The van der Waals surface area contributed by atoms with Crippen LogP contribution < -0.4 is 0 Å². The predicted molar refractivity (Wildman–Crippen MR) is 102 cm³/mol. The molecular formula is C22H28O4. The molecule has 2 aromatic carbocycles. The van der Waals surface area contributed by atoms with Gasteiger partial charge in [0.1, 0.15) is 0 Å². The van der Waals surface area contributed by atoms with Crippen LogP contribution in [0.2, 0.25) is 0 Å². The summed E-state index contributed by atoms with van der Waals surface area (Å²) in [5.41, 5.74) is 3.11. The Morgan fingerprint density at radius 3 is 2.31 bits per heavy atom. The Bertz CT molecular complexity index is 672. The fraction of sp³-hybridized carbons (Fsp3) is 0.409. The normalized spacial score (nSPS) is 12.6. The molecule has 0 amide bonds. The van der Waals surface area contributed by atoms with Crippen LogP contribution in [0.1, 0.15) is 48.7 Å². The molecule has 0 saturated carbocycles. The monoisotopic (exact) mass is 356 g/mol. The minimum absolute atomic E-state index is 0.141. The van der Waals surface area contributed by atoms with Crippen LogP contribution in [0, 0.1) is 0 Å². The molecule has 4 nitrogen and oxygen atoms in total. The van der Waals surface area contributed by atoms with Crippen LogP contribution >= 0.6 is 0 Å². The van der Waals surface area contributed by atoms with Crippen LogP contribution in [0.25, 0.3) is 0 Å². The molecule has 0 spiro atoms. The highest BCUT2D eigenvalue weighted by Crippen LogP contribution is 2.22. The molecule has 2 rings (SSSR count). The molecule has 0 aliphatic heterocycles. The van der Waals surface area contributed by atoms with Crippen LogP contribution in [-0.2, 0) is 21.3 Å². The van der Waals surface area contributed by atoms with Crippen LogP contribution in [0.4, 0.5) is 0 Å². The summed E-state index contributed by atoms with van der Waals surface area (Å²) in [5.74, 6) is -0.431. The molecule has 0 radical (unpaired) electrons. The third-order valence-corrected chi connectivity index (χ3v) is 4.18. The average molecular weight is 356 g/mol. The van der Waals surface area contributed by atoms with Gasteiger partial charge in [0.15, 0.2) is 6.79 Å². The van der Waals surface area contributed by atoms with E-state index in [1.54, 1.807) is 24.3 Å². The Balaban J connectivity index is 1.64. The quantitative estimate of drug-likeness (QED) is 0.439. The van der Waals surface area contributed by atoms with Crippen molar-refractivity contribution in [2.24, 2.45) is 0 Å². The highest BCUT2D eigenvalue weighted by atomic mass is 16.7. The van der Waals surface area contributed by atoms with E-state index in [1.165, 1.54) is 11.1 Å². The number of hydrogen-bond donors (Lipinski definition) is 1. The first-order valence-corrected chi connectivity index (χ1v) is 8.93. The highest BCUT2D eigenvalue weighted by Gasteiger charge is 2.13. The van der Waals surface area contributed by atoms with E-state index >= 15 is 0 Å².